The van der Waals surface area contributed by atoms with E-state index in [0.29, 0.717) is 28.6 Å². The fourth-order valence-corrected chi connectivity index (χ4v) is 5.26. The SMILES string of the molecule is CCN1CCC(Cc2ccc(Nc3ncc(F)c(-c4cc(F)c5nc(C)n(C(C)C)c5c4)n3)nc2)CC1. The number of rotatable bonds is 7. The minimum Gasteiger partial charge on any atom is -0.326 e. The molecule has 1 saturated heterocycles. The smallest absolute Gasteiger partial charge is 0.229 e. The van der Waals surface area contributed by atoms with E-state index in [4.69, 9.17) is 0 Å². The number of fused-ring (bicyclic) bond motifs is 1. The molecule has 4 aromatic rings. The van der Waals surface area contributed by atoms with Crippen LogP contribution in [0.4, 0.5) is 20.5 Å². The number of imidazole rings is 1. The minimum absolute atomic E-state index is 0.0162. The van der Waals surface area contributed by atoms with Gasteiger partial charge in [0.25, 0.3) is 0 Å². The van der Waals surface area contributed by atoms with Crippen LogP contribution in [0.2, 0.25) is 0 Å². The Morgan fingerprint density at radius 3 is 2.49 bits per heavy atom. The lowest BCUT2D eigenvalue weighted by molar-refractivity contribution is 0.192. The van der Waals surface area contributed by atoms with Crippen LogP contribution in [-0.4, -0.2) is 49.0 Å². The van der Waals surface area contributed by atoms with E-state index in [1.807, 2.05) is 37.6 Å². The van der Waals surface area contributed by atoms with Crippen molar-refractivity contribution in [2.24, 2.45) is 5.92 Å². The summed E-state index contributed by atoms with van der Waals surface area (Å²) in [5.41, 5.74) is 2.41. The molecule has 0 aliphatic carbocycles. The molecule has 37 heavy (non-hydrogen) atoms. The topological polar surface area (TPSA) is 71.8 Å². The molecule has 194 valence electrons. The quantitative estimate of drug-likeness (QED) is 0.329. The van der Waals surface area contributed by atoms with Gasteiger partial charge in [0.1, 0.15) is 22.9 Å². The molecule has 1 fully saturated rings. The first-order valence-electron chi connectivity index (χ1n) is 13.0. The second-order valence-electron chi connectivity index (χ2n) is 10.1. The predicted octanol–water partition coefficient (Wildman–Crippen LogP) is 6.07. The Hall–Kier alpha value is -3.46. The van der Waals surface area contributed by atoms with Crippen LogP contribution < -0.4 is 5.32 Å². The predicted molar refractivity (Wildman–Crippen MR) is 142 cm³/mol. The number of hydrogen-bond acceptors (Lipinski definition) is 6. The highest BCUT2D eigenvalue weighted by Crippen LogP contribution is 2.30. The highest BCUT2D eigenvalue weighted by atomic mass is 19.1. The van der Waals surface area contributed by atoms with Crippen molar-refractivity contribution in [3.8, 4) is 11.3 Å². The molecule has 0 saturated carbocycles. The molecule has 1 aromatic carbocycles. The zero-order chi connectivity index (χ0) is 26.1. The highest BCUT2D eigenvalue weighted by molar-refractivity contribution is 5.83. The Morgan fingerprint density at radius 2 is 1.81 bits per heavy atom. The zero-order valence-electron chi connectivity index (χ0n) is 21.8. The number of nitrogens with one attached hydrogen (secondary N) is 1. The van der Waals surface area contributed by atoms with Gasteiger partial charge in [-0.15, -0.1) is 0 Å². The van der Waals surface area contributed by atoms with Gasteiger partial charge in [0.2, 0.25) is 5.95 Å². The van der Waals surface area contributed by atoms with Gasteiger partial charge in [-0.3, -0.25) is 0 Å². The van der Waals surface area contributed by atoms with Gasteiger partial charge in [-0.25, -0.2) is 28.7 Å². The number of halogens is 2. The molecule has 4 heterocycles. The molecule has 0 bridgehead atoms. The Labute approximate surface area is 216 Å². The number of nitrogens with zero attached hydrogens (tertiary/aromatic N) is 6. The molecule has 9 heteroatoms. The maximum absolute atomic E-state index is 14.9. The third-order valence-corrected chi connectivity index (χ3v) is 7.20. The van der Waals surface area contributed by atoms with Crippen LogP contribution in [0.3, 0.4) is 0 Å². The van der Waals surface area contributed by atoms with Gasteiger partial charge in [0.05, 0.1) is 11.7 Å². The van der Waals surface area contributed by atoms with Crippen LogP contribution in [0, 0.1) is 24.5 Å². The Kier molecular flexibility index (Phi) is 7.15. The lowest BCUT2D eigenvalue weighted by atomic mass is 9.91. The maximum atomic E-state index is 14.9. The summed E-state index contributed by atoms with van der Waals surface area (Å²) >= 11 is 0. The van der Waals surface area contributed by atoms with Crippen molar-refractivity contribution in [1.29, 1.82) is 0 Å². The van der Waals surface area contributed by atoms with Crippen LogP contribution in [0.25, 0.3) is 22.3 Å². The zero-order valence-corrected chi connectivity index (χ0v) is 21.8. The van der Waals surface area contributed by atoms with Gasteiger partial charge in [0, 0.05) is 17.8 Å². The largest absolute Gasteiger partial charge is 0.326 e. The van der Waals surface area contributed by atoms with Crippen molar-refractivity contribution in [1.82, 2.24) is 29.4 Å². The summed E-state index contributed by atoms with van der Waals surface area (Å²) in [6.07, 6.45) is 6.41. The molecule has 1 aliphatic rings. The molecule has 0 amide bonds. The average Bonchev–Trinajstić information content (AvgIpc) is 3.23. The summed E-state index contributed by atoms with van der Waals surface area (Å²) in [4.78, 5) is 19.8. The van der Waals surface area contributed by atoms with Crippen LogP contribution in [0.5, 0.6) is 0 Å². The molecule has 7 nitrogen and oxygen atoms in total. The molecule has 0 unspecified atom stereocenters. The Bertz CT molecular complexity index is 1390. The fourth-order valence-electron chi connectivity index (χ4n) is 5.26. The summed E-state index contributed by atoms with van der Waals surface area (Å²) in [6, 6.07) is 7.02. The third-order valence-electron chi connectivity index (χ3n) is 7.20. The number of anilines is 2. The summed E-state index contributed by atoms with van der Waals surface area (Å²) in [6.45, 7) is 11.5. The van der Waals surface area contributed by atoms with E-state index in [1.165, 1.54) is 24.5 Å². The van der Waals surface area contributed by atoms with Crippen molar-refractivity contribution in [2.45, 2.75) is 53.0 Å². The van der Waals surface area contributed by atoms with Crippen molar-refractivity contribution in [3.05, 3.63) is 59.7 Å². The number of pyridine rings is 1. The van der Waals surface area contributed by atoms with E-state index in [9.17, 15) is 8.78 Å². The van der Waals surface area contributed by atoms with Gasteiger partial charge in [-0.1, -0.05) is 13.0 Å². The number of hydrogen-bond donors (Lipinski definition) is 1. The molecule has 0 atom stereocenters. The Balaban J connectivity index is 1.35. The minimum atomic E-state index is -0.630. The molecule has 0 spiro atoms. The number of aromatic nitrogens is 5. The molecule has 3 aromatic heterocycles. The summed E-state index contributed by atoms with van der Waals surface area (Å²) in [5, 5.41) is 3.05. The summed E-state index contributed by atoms with van der Waals surface area (Å²) in [5.74, 6) is 0.997. The van der Waals surface area contributed by atoms with Crippen molar-refractivity contribution in [3.63, 3.8) is 0 Å². The molecular formula is C28H33F2N7. The molecule has 0 radical (unpaired) electrons. The van der Waals surface area contributed by atoms with E-state index in [0.717, 1.165) is 32.3 Å². The van der Waals surface area contributed by atoms with E-state index in [-0.39, 0.29) is 23.2 Å². The lowest BCUT2D eigenvalue weighted by Crippen LogP contribution is -2.34. The first-order valence-corrected chi connectivity index (χ1v) is 13.0. The van der Waals surface area contributed by atoms with E-state index < -0.39 is 11.6 Å². The molecular weight excluding hydrogens is 472 g/mol. The van der Waals surface area contributed by atoms with Gasteiger partial charge in [0.15, 0.2) is 11.6 Å². The monoisotopic (exact) mass is 505 g/mol. The Morgan fingerprint density at radius 1 is 1.03 bits per heavy atom. The standard InChI is InChI=1S/C28H33F2N7/c1-5-36-10-8-19(9-11-36)12-20-6-7-25(31-15-20)34-28-32-16-23(30)26(35-28)21-13-22(29)27-24(14-21)37(17(2)3)18(4)33-27/h6-7,13-17,19H,5,8-12H2,1-4H3,(H,31,32,34,35). The van der Waals surface area contributed by atoms with Gasteiger partial charge < -0.3 is 14.8 Å². The molecule has 1 N–H and O–H groups in total. The molecule has 5 rings (SSSR count). The van der Waals surface area contributed by atoms with Crippen LogP contribution in [0.1, 0.15) is 51.0 Å². The maximum Gasteiger partial charge on any atom is 0.229 e. The van der Waals surface area contributed by atoms with Crippen molar-refractivity contribution in [2.75, 3.05) is 25.0 Å². The lowest BCUT2D eigenvalue weighted by Gasteiger charge is -2.31. The highest BCUT2D eigenvalue weighted by Gasteiger charge is 2.20. The van der Waals surface area contributed by atoms with E-state index >= 15 is 0 Å². The van der Waals surface area contributed by atoms with Gasteiger partial charge >= 0.3 is 0 Å². The van der Waals surface area contributed by atoms with Crippen molar-refractivity contribution < 1.29 is 8.78 Å². The molecule has 1 aliphatic heterocycles. The summed E-state index contributed by atoms with van der Waals surface area (Å²) < 4.78 is 31.7. The summed E-state index contributed by atoms with van der Waals surface area (Å²) in [7, 11) is 0. The van der Waals surface area contributed by atoms with Crippen molar-refractivity contribution >= 4 is 22.8 Å². The number of benzene rings is 1. The first-order chi connectivity index (χ1) is 17.8. The van der Waals surface area contributed by atoms with E-state index in [2.05, 4.69) is 43.1 Å². The van der Waals surface area contributed by atoms with Crippen LogP contribution in [0.15, 0.2) is 36.7 Å². The second kappa shape index (κ2) is 10.5. The van der Waals surface area contributed by atoms with Gasteiger partial charge in [-0.2, -0.15) is 0 Å². The van der Waals surface area contributed by atoms with E-state index in [1.54, 1.807) is 6.07 Å². The number of piperidine rings is 1. The fraction of sp³-hybridized carbons (Fsp3) is 0.429. The first kappa shape index (κ1) is 25.2. The number of aryl methyl sites for hydroxylation is 1. The van der Waals surface area contributed by atoms with Crippen LogP contribution in [-0.2, 0) is 6.42 Å². The number of likely N-dealkylation sites (tertiary alicyclic amines) is 1. The average molecular weight is 506 g/mol. The second-order valence-corrected chi connectivity index (χ2v) is 10.1. The van der Waals surface area contributed by atoms with Gasteiger partial charge in [-0.05, 0) is 89.3 Å². The third kappa shape index (κ3) is 5.32. The van der Waals surface area contributed by atoms with Crippen LogP contribution >= 0.6 is 0 Å². The normalized spacial score (nSPS) is 15.1.